The highest BCUT2D eigenvalue weighted by Crippen LogP contribution is 2.27. The molecule has 0 spiro atoms. The van der Waals surface area contributed by atoms with E-state index in [9.17, 15) is 4.79 Å². The number of carbonyl (C=O) groups excluding carboxylic acids is 1. The van der Waals surface area contributed by atoms with Gasteiger partial charge in [0.05, 0.1) is 5.75 Å². The summed E-state index contributed by atoms with van der Waals surface area (Å²) in [5.74, 6) is 0.632. The molecule has 1 fully saturated rings. The number of amides is 1. The van der Waals surface area contributed by atoms with Crippen LogP contribution in [-0.4, -0.2) is 70.6 Å². The zero-order valence-corrected chi connectivity index (χ0v) is 17.2. The Morgan fingerprint density at radius 2 is 1.88 bits per heavy atom. The minimum atomic E-state index is 0.190. The number of nitrogens with zero attached hydrogens (tertiary/aromatic N) is 4. The summed E-state index contributed by atoms with van der Waals surface area (Å²) in [6.07, 6.45) is 6.33. The summed E-state index contributed by atoms with van der Waals surface area (Å²) in [6, 6.07) is 10.3. The van der Waals surface area contributed by atoms with Crippen molar-refractivity contribution in [3.63, 3.8) is 0 Å². The van der Waals surface area contributed by atoms with Crippen molar-refractivity contribution in [2.24, 2.45) is 0 Å². The third-order valence-electron chi connectivity index (χ3n) is 4.08. The van der Waals surface area contributed by atoms with Crippen LogP contribution in [0.2, 0.25) is 0 Å². The van der Waals surface area contributed by atoms with Crippen LogP contribution in [0, 0.1) is 0 Å². The second-order valence-corrected chi connectivity index (χ2v) is 9.07. The van der Waals surface area contributed by atoms with Gasteiger partial charge in [-0.25, -0.2) is 0 Å². The van der Waals surface area contributed by atoms with Gasteiger partial charge in [0.15, 0.2) is 8.68 Å². The molecule has 1 saturated heterocycles. The fourth-order valence-corrected chi connectivity index (χ4v) is 4.98. The normalized spacial score (nSPS) is 15.7. The van der Waals surface area contributed by atoms with Crippen LogP contribution in [0.15, 0.2) is 45.1 Å². The molecule has 0 atom stereocenters. The second-order valence-electron chi connectivity index (χ2n) is 5.82. The number of carbonyl (C=O) groups is 1. The summed E-state index contributed by atoms with van der Waals surface area (Å²) >= 11 is 4.61. The summed E-state index contributed by atoms with van der Waals surface area (Å²) in [4.78, 5) is 16.7. The first-order valence-corrected chi connectivity index (χ1v) is 11.5. The molecular formula is C18H22N4OS3. The van der Waals surface area contributed by atoms with Crippen LogP contribution >= 0.6 is 34.9 Å². The van der Waals surface area contributed by atoms with Gasteiger partial charge in [-0.2, -0.15) is 0 Å². The van der Waals surface area contributed by atoms with E-state index in [0.29, 0.717) is 5.75 Å². The Kier molecular flexibility index (Phi) is 7.55. The van der Waals surface area contributed by atoms with E-state index in [1.54, 1.807) is 23.1 Å². The van der Waals surface area contributed by atoms with Gasteiger partial charge in [-0.15, -0.1) is 10.2 Å². The minimum Gasteiger partial charge on any atom is -0.339 e. The van der Waals surface area contributed by atoms with Gasteiger partial charge in [0, 0.05) is 32.7 Å². The van der Waals surface area contributed by atoms with Gasteiger partial charge in [-0.1, -0.05) is 77.3 Å². The van der Waals surface area contributed by atoms with E-state index < -0.39 is 0 Å². The monoisotopic (exact) mass is 406 g/mol. The van der Waals surface area contributed by atoms with Gasteiger partial charge >= 0.3 is 0 Å². The van der Waals surface area contributed by atoms with Crippen molar-refractivity contribution in [1.82, 2.24) is 20.0 Å². The van der Waals surface area contributed by atoms with Crippen molar-refractivity contribution in [2.45, 2.75) is 8.68 Å². The maximum absolute atomic E-state index is 12.4. The molecule has 2 heterocycles. The predicted octanol–water partition coefficient (Wildman–Crippen LogP) is 3.21. The lowest BCUT2D eigenvalue weighted by Gasteiger charge is -2.34. The van der Waals surface area contributed by atoms with Crippen LogP contribution in [0.25, 0.3) is 6.08 Å². The number of rotatable bonds is 7. The fourth-order valence-electron chi connectivity index (χ4n) is 2.63. The molecular weight excluding hydrogens is 384 g/mol. The molecule has 0 N–H and O–H groups in total. The lowest BCUT2D eigenvalue weighted by Crippen LogP contribution is -2.49. The van der Waals surface area contributed by atoms with Crippen molar-refractivity contribution in [1.29, 1.82) is 0 Å². The molecule has 1 aromatic carbocycles. The SMILES string of the molecule is CSc1nnc(SCC(=O)N2CCN(CC=Cc3ccccc3)CC2)s1. The van der Waals surface area contributed by atoms with Gasteiger partial charge in [-0.3, -0.25) is 9.69 Å². The van der Waals surface area contributed by atoms with Crippen LogP contribution in [0.5, 0.6) is 0 Å². The summed E-state index contributed by atoms with van der Waals surface area (Å²) in [5.41, 5.74) is 1.22. The third kappa shape index (κ3) is 5.84. The van der Waals surface area contributed by atoms with E-state index in [1.807, 2.05) is 29.4 Å². The van der Waals surface area contributed by atoms with Crippen molar-refractivity contribution < 1.29 is 4.79 Å². The Hall–Kier alpha value is -1.35. The van der Waals surface area contributed by atoms with Crippen LogP contribution < -0.4 is 0 Å². The molecule has 3 rings (SSSR count). The highest BCUT2D eigenvalue weighted by Gasteiger charge is 2.20. The fraction of sp³-hybridized carbons (Fsp3) is 0.389. The predicted molar refractivity (Wildman–Crippen MR) is 111 cm³/mol. The van der Waals surface area contributed by atoms with Gasteiger partial charge in [0.1, 0.15) is 0 Å². The molecule has 8 heteroatoms. The van der Waals surface area contributed by atoms with Crippen molar-refractivity contribution in [2.75, 3.05) is 44.7 Å². The summed E-state index contributed by atoms with van der Waals surface area (Å²) in [6.45, 7) is 4.36. The van der Waals surface area contributed by atoms with E-state index in [2.05, 4.69) is 39.4 Å². The standard InChI is InChI=1S/C18H22N4OS3/c1-24-17-19-20-18(26-17)25-14-16(23)22-12-10-21(11-13-22)9-5-8-15-6-3-2-4-7-15/h2-8H,9-14H2,1H3. The van der Waals surface area contributed by atoms with E-state index in [0.717, 1.165) is 41.4 Å². The highest BCUT2D eigenvalue weighted by molar-refractivity contribution is 8.03. The van der Waals surface area contributed by atoms with Crippen LogP contribution in [0.4, 0.5) is 0 Å². The lowest BCUT2D eigenvalue weighted by molar-refractivity contribution is -0.129. The molecule has 1 aliphatic heterocycles. The Morgan fingerprint density at radius 3 is 2.58 bits per heavy atom. The van der Waals surface area contributed by atoms with Gasteiger partial charge in [-0.05, 0) is 11.8 Å². The maximum atomic E-state index is 12.4. The van der Waals surface area contributed by atoms with Crippen molar-refractivity contribution in [3.05, 3.63) is 42.0 Å². The number of hydrogen-bond acceptors (Lipinski definition) is 7. The number of thioether (sulfide) groups is 2. The summed E-state index contributed by atoms with van der Waals surface area (Å²) in [5, 5.41) is 8.16. The van der Waals surface area contributed by atoms with E-state index >= 15 is 0 Å². The van der Waals surface area contributed by atoms with Crippen molar-refractivity contribution in [3.8, 4) is 0 Å². The quantitative estimate of drug-likeness (QED) is 0.658. The molecule has 138 valence electrons. The number of benzene rings is 1. The average molecular weight is 407 g/mol. The van der Waals surface area contributed by atoms with E-state index in [1.165, 1.54) is 17.3 Å². The topological polar surface area (TPSA) is 49.3 Å². The first-order valence-electron chi connectivity index (χ1n) is 8.46. The largest absolute Gasteiger partial charge is 0.339 e. The summed E-state index contributed by atoms with van der Waals surface area (Å²) in [7, 11) is 0. The highest BCUT2D eigenvalue weighted by atomic mass is 32.2. The molecule has 0 saturated carbocycles. The molecule has 1 aromatic heterocycles. The van der Waals surface area contributed by atoms with Gasteiger partial charge in [0.2, 0.25) is 5.91 Å². The molecule has 0 radical (unpaired) electrons. The first-order chi connectivity index (χ1) is 12.7. The molecule has 0 unspecified atom stereocenters. The summed E-state index contributed by atoms with van der Waals surface area (Å²) < 4.78 is 1.81. The van der Waals surface area contributed by atoms with Gasteiger partial charge in [0.25, 0.3) is 0 Å². The molecule has 2 aromatic rings. The Bertz CT molecular complexity index is 727. The molecule has 5 nitrogen and oxygen atoms in total. The van der Waals surface area contributed by atoms with E-state index in [-0.39, 0.29) is 5.91 Å². The number of piperazine rings is 1. The molecule has 1 amide bonds. The van der Waals surface area contributed by atoms with E-state index in [4.69, 9.17) is 0 Å². The smallest absolute Gasteiger partial charge is 0.233 e. The third-order valence-corrected chi connectivity index (χ3v) is 7.10. The van der Waals surface area contributed by atoms with Crippen LogP contribution in [0.1, 0.15) is 5.56 Å². The molecule has 0 aliphatic carbocycles. The van der Waals surface area contributed by atoms with Gasteiger partial charge < -0.3 is 4.90 Å². The number of hydrogen-bond donors (Lipinski definition) is 0. The maximum Gasteiger partial charge on any atom is 0.233 e. The average Bonchev–Trinajstić information content (AvgIpc) is 3.16. The molecule has 26 heavy (non-hydrogen) atoms. The minimum absolute atomic E-state index is 0.190. The lowest BCUT2D eigenvalue weighted by atomic mass is 10.2. The van der Waals surface area contributed by atoms with Crippen molar-refractivity contribution >= 4 is 46.8 Å². The Morgan fingerprint density at radius 1 is 1.15 bits per heavy atom. The zero-order chi connectivity index (χ0) is 18.2. The molecule has 1 aliphatic rings. The molecule has 0 bridgehead atoms. The zero-order valence-electron chi connectivity index (χ0n) is 14.7. The Labute approximate surface area is 166 Å². The number of aromatic nitrogens is 2. The Balaban J connectivity index is 1.37. The van der Waals surface area contributed by atoms with Crippen LogP contribution in [0.3, 0.4) is 0 Å². The second kappa shape index (κ2) is 10.1. The van der Waals surface area contributed by atoms with Crippen LogP contribution in [-0.2, 0) is 4.79 Å². The first kappa shape index (κ1) is 19.4.